The molecule has 0 radical (unpaired) electrons. The van der Waals surface area contributed by atoms with Gasteiger partial charge < -0.3 is 14.7 Å². The molecule has 1 aromatic heterocycles. The monoisotopic (exact) mass is 485 g/mol. The molecule has 2 heterocycles. The second-order valence-electron chi connectivity index (χ2n) is 8.53. The summed E-state index contributed by atoms with van der Waals surface area (Å²) in [6, 6.07) is 24.5. The van der Waals surface area contributed by atoms with E-state index in [1.54, 1.807) is 12.1 Å². The first-order valence-corrected chi connectivity index (χ1v) is 11.5. The molecule has 7 nitrogen and oxygen atoms in total. The van der Waals surface area contributed by atoms with Crippen molar-refractivity contribution in [3.8, 4) is 11.5 Å². The lowest BCUT2D eigenvalue weighted by Gasteiger charge is -2.40. The Morgan fingerprint density at radius 1 is 0.833 bits per heavy atom. The number of rotatable bonds is 7. The number of nitrogens with zero attached hydrogens (tertiary/aromatic N) is 3. The standard InChI is InChI=1S/C28H24FN3O4/c29-23-12-10-20(11-13-23)16-30-19-31(32-15-14-25(33)27(34)26(32)28(30)35)17-21-6-4-5-7-22(21)18-36-24-8-2-1-3-9-24/h1-15,34H,16-19H2. The van der Waals surface area contributed by atoms with Gasteiger partial charge in [-0.25, -0.2) is 4.39 Å². The van der Waals surface area contributed by atoms with E-state index in [1.165, 1.54) is 34.0 Å². The van der Waals surface area contributed by atoms with Crippen molar-refractivity contribution >= 4 is 5.91 Å². The Kier molecular flexibility index (Phi) is 6.40. The zero-order valence-electron chi connectivity index (χ0n) is 19.4. The van der Waals surface area contributed by atoms with Gasteiger partial charge in [0, 0.05) is 18.8 Å². The number of para-hydroxylation sites is 1. The summed E-state index contributed by atoms with van der Waals surface area (Å²) in [6.07, 6.45) is 1.49. The van der Waals surface area contributed by atoms with Crippen molar-refractivity contribution in [3.05, 3.63) is 130 Å². The maximum atomic E-state index is 13.4. The summed E-state index contributed by atoms with van der Waals surface area (Å²) >= 11 is 0. The minimum atomic E-state index is -0.630. The van der Waals surface area contributed by atoms with E-state index in [1.807, 2.05) is 59.6 Å². The zero-order chi connectivity index (χ0) is 25.1. The molecule has 0 spiro atoms. The number of aromatic hydroxyl groups is 1. The number of halogens is 1. The van der Waals surface area contributed by atoms with E-state index < -0.39 is 17.1 Å². The number of hydrogen-bond acceptors (Lipinski definition) is 5. The lowest BCUT2D eigenvalue weighted by Crippen LogP contribution is -2.53. The summed E-state index contributed by atoms with van der Waals surface area (Å²) in [5, 5.41) is 12.4. The fraction of sp³-hybridized carbons (Fsp3) is 0.143. The normalized spacial score (nSPS) is 13.0. The van der Waals surface area contributed by atoms with E-state index in [9.17, 15) is 19.1 Å². The van der Waals surface area contributed by atoms with E-state index in [0.29, 0.717) is 13.2 Å². The Balaban J connectivity index is 1.45. The molecule has 0 unspecified atom stereocenters. The third kappa shape index (κ3) is 4.79. The van der Waals surface area contributed by atoms with E-state index in [4.69, 9.17) is 4.74 Å². The van der Waals surface area contributed by atoms with Crippen molar-refractivity contribution < 1.29 is 19.0 Å². The Hall–Kier alpha value is -4.59. The van der Waals surface area contributed by atoms with Gasteiger partial charge in [-0.3, -0.25) is 19.3 Å². The van der Waals surface area contributed by atoms with Crippen molar-refractivity contribution in [2.24, 2.45) is 0 Å². The Morgan fingerprint density at radius 3 is 2.28 bits per heavy atom. The predicted octanol–water partition coefficient (Wildman–Crippen LogP) is 4.02. The molecule has 36 heavy (non-hydrogen) atoms. The number of amides is 1. The van der Waals surface area contributed by atoms with E-state index in [-0.39, 0.29) is 24.7 Å². The van der Waals surface area contributed by atoms with Gasteiger partial charge in [-0.05, 0) is 41.0 Å². The molecule has 0 bridgehead atoms. The molecule has 0 aliphatic carbocycles. The third-order valence-electron chi connectivity index (χ3n) is 6.08. The number of benzene rings is 3. The van der Waals surface area contributed by atoms with Crippen LogP contribution in [0.15, 0.2) is 95.9 Å². The minimum Gasteiger partial charge on any atom is -0.502 e. The highest BCUT2D eigenvalue weighted by Crippen LogP contribution is 2.24. The summed E-state index contributed by atoms with van der Waals surface area (Å²) in [6.45, 7) is 1.13. The molecule has 1 amide bonds. The number of ether oxygens (including phenoxy) is 1. The topological polar surface area (TPSA) is 75.0 Å². The van der Waals surface area contributed by atoms with E-state index >= 15 is 0 Å². The number of carbonyl (C=O) groups is 1. The molecule has 1 N–H and O–H groups in total. The summed E-state index contributed by atoms with van der Waals surface area (Å²) in [5.74, 6) is -0.688. The first kappa shape index (κ1) is 23.2. The number of hydrogen-bond donors (Lipinski definition) is 1. The van der Waals surface area contributed by atoms with Gasteiger partial charge in [0.1, 0.15) is 24.8 Å². The quantitative estimate of drug-likeness (QED) is 0.428. The molecule has 4 aromatic rings. The van der Waals surface area contributed by atoms with Crippen LogP contribution in [0.4, 0.5) is 4.39 Å². The van der Waals surface area contributed by atoms with Crippen LogP contribution in [0.25, 0.3) is 0 Å². The van der Waals surface area contributed by atoms with Crippen LogP contribution in [-0.4, -0.2) is 27.3 Å². The van der Waals surface area contributed by atoms with Crippen LogP contribution in [0.2, 0.25) is 0 Å². The Morgan fingerprint density at radius 2 is 1.53 bits per heavy atom. The van der Waals surface area contributed by atoms with Crippen molar-refractivity contribution in [1.29, 1.82) is 0 Å². The van der Waals surface area contributed by atoms with Crippen LogP contribution in [-0.2, 0) is 19.7 Å². The van der Waals surface area contributed by atoms with Crippen molar-refractivity contribution in [3.63, 3.8) is 0 Å². The number of aromatic nitrogens is 1. The maximum Gasteiger partial charge on any atom is 0.278 e. The molecule has 0 atom stereocenters. The Labute approximate surface area is 207 Å². The van der Waals surface area contributed by atoms with Crippen LogP contribution in [0, 0.1) is 5.82 Å². The fourth-order valence-corrected chi connectivity index (χ4v) is 4.22. The molecule has 182 valence electrons. The average Bonchev–Trinajstić information content (AvgIpc) is 2.90. The number of pyridine rings is 1. The van der Waals surface area contributed by atoms with Crippen molar-refractivity contribution in [1.82, 2.24) is 9.58 Å². The molecule has 0 saturated carbocycles. The highest BCUT2D eigenvalue weighted by atomic mass is 19.1. The first-order valence-electron chi connectivity index (χ1n) is 11.5. The number of fused-ring (bicyclic) bond motifs is 1. The van der Waals surface area contributed by atoms with Gasteiger partial charge in [-0.15, -0.1) is 0 Å². The van der Waals surface area contributed by atoms with Gasteiger partial charge in [0.15, 0.2) is 11.4 Å². The zero-order valence-corrected chi connectivity index (χ0v) is 19.4. The summed E-state index contributed by atoms with van der Waals surface area (Å²) in [5.41, 5.74) is 1.93. The molecule has 3 aromatic carbocycles. The number of carbonyl (C=O) groups excluding carboxylic acids is 1. The second kappa shape index (κ2) is 9.95. The van der Waals surface area contributed by atoms with Crippen LogP contribution in [0.3, 0.4) is 0 Å². The van der Waals surface area contributed by atoms with Gasteiger partial charge in [-0.2, -0.15) is 0 Å². The van der Waals surface area contributed by atoms with Gasteiger partial charge in [0.25, 0.3) is 5.91 Å². The molecular weight excluding hydrogens is 461 g/mol. The minimum absolute atomic E-state index is 0.103. The lowest BCUT2D eigenvalue weighted by molar-refractivity contribution is 0.0670. The van der Waals surface area contributed by atoms with E-state index in [0.717, 1.165) is 22.4 Å². The van der Waals surface area contributed by atoms with Gasteiger partial charge in [-0.1, -0.05) is 54.6 Å². The summed E-state index contributed by atoms with van der Waals surface area (Å²) < 4.78 is 20.9. The van der Waals surface area contributed by atoms with Crippen molar-refractivity contribution in [2.75, 3.05) is 11.7 Å². The van der Waals surface area contributed by atoms with Crippen LogP contribution >= 0.6 is 0 Å². The molecule has 8 heteroatoms. The predicted molar refractivity (Wildman–Crippen MR) is 133 cm³/mol. The molecular formula is C28H24FN3O4. The molecule has 0 saturated heterocycles. The lowest BCUT2D eigenvalue weighted by atomic mass is 10.1. The molecule has 1 aliphatic heterocycles. The molecule has 0 fully saturated rings. The molecule has 5 rings (SSSR count). The average molecular weight is 486 g/mol. The van der Waals surface area contributed by atoms with Gasteiger partial charge in [0.05, 0.1) is 6.54 Å². The second-order valence-corrected chi connectivity index (χ2v) is 8.53. The highest BCUT2D eigenvalue weighted by molar-refractivity contribution is 5.96. The van der Waals surface area contributed by atoms with Crippen LogP contribution in [0.5, 0.6) is 11.5 Å². The Bertz CT molecular complexity index is 1440. The summed E-state index contributed by atoms with van der Waals surface area (Å²) in [7, 11) is 0. The highest BCUT2D eigenvalue weighted by Gasteiger charge is 2.32. The first-order chi connectivity index (χ1) is 17.5. The van der Waals surface area contributed by atoms with E-state index in [2.05, 4.69) is 0 Å². The van der Waals surface area contributed by atoms with Crippen LogP contribution < -0.4 is 15.2 Å². The SMILES string of the molecule is O=C1c2c(O)c(=O)ccn2N(Cc2ccccc2COc2ccccc2)CN1Cc1ccc(F)cc1. The van der Waals surface area contributed by atoms with Crippen molar-refractivity contribution in [2.45, 2.75) is 19.7 Å². The van der Waals surface area contributed by atoms with Crippen LogP contribution in [0.1, 0.15) is 27.2 Å². The summed E-state index contributed by atoms with van der Waals surface area (Å²) in [4.78, 5) is 27.0. The fourth-order valence-electron chi connectivity index (χ4n) is 4.22. The third-order valence-corrected chi connectivity index (χ3v) is 6.08. The van der Waals surface area contributed by atoms with Gasteiger partial charge >= 0.3 is 0 Å². The molecule has 1 aliphatic rings. The van der Waals surface area contributed by atoms with Gasteiger partial charge in [0.2, 0.25) is 5.43 Å². The largest absolute Gasteiger partial charge is 0.502 e. The maximum absolute atomic E-state index is 13.4. The smallest absolute Gasteiger partial charge is 0.278 e.